The number of aliphatic hydroxyl groups excluding tert-OH is 1. The summed E-state index contributed by atoms with van der Waals surface area (Å²) in [6.07, 6.45) is 4.01. The summed E-state index contributed by atoms with van der Waals surface area (Å²) in [6.45, 7) is 9.70. The van der Waals surface area contributed by atoms with E-state index >= 15 is 0 Å². The van der Waals surface area contributed by atoms with Crippen LogP contribution in [0.3, 0.4) is 0 Å². The molecule has 0 unspecified atom stereocenters. The molecule has 2 fully saturated rings. The van der Waals surface area contributed by atoms with Gasteiger partial charge in [0.2, 0.25) is 11.9 Å². The van der Waals surface area contributed by atoms with Crippen LogP contribution in [0.25, 0.3) is 11.3 Å². The highest BCUT2D eigenvalue weighted by molar-refractivity contribution is 5.81. The van der Waals surface area contributed by atoms with Gasteiger partial charge in [-0.15, -0.1) is 0 Å². The van der Waals surface area contributed by atoms with Crippen LogP contribution in [-0.4, -0.2) is 92.9 Å². The second kappa shape index (κ2) is 8.62. The standard InChI is InChI=1S/C23H32N8O3/c1-14-12-34-9-8-30(14)22-27-18(16-10-25-21(24)26-11-16)17-4-6-31(19(17)28-22)23(3)5-7-29(13-23)20(33)15(2)32/h10-11,14-15,32H,4-9,12-13H2,1-3H3,(H2,24,25,26)/t14-,15+,23-/m0/s1. The summed E-state index contributed by atoms with van der Waals surface area (Å²) in [4.78, 5) is 37.1. The first-order valence-electron chi connectivity index (χ1n) is 11.8. The van der Waals surface area contributed by atoms with E-state index in [4.69, 9.17) is 20.4 Å². The van der Waals surface area contributed by atoms with Crippen LogP contribution in [0.1, 0.15) is 32.8 Å². The molecule has 182 valence electrons. The zero-order valence-electron chi connectivity index (χ0n) is 19.9. The number of hydrogen-bond donors (Lipinski definition) is 2. The van der Waals surface area contributed by atoms with Crippen LogP contribution < -0.4 is 15.5 Å². The van der Waals surface area contributed by atoms with Gasteiger partial charge >= 0.3 is 0 Å². The molecule has 0 saturated carbocycles. The van der Waals surface area contributed by atoms with E-state index in [1.54, 1.807) is 17.3 Å². The Kier molecular flexibility index (Phi) is 5.76. The Morgan fingerprint density at radius 1 is 1.26 bits per heavy atom. The van der Waals surface area contributed by atoms with Gasteiger partial charge in [0.25, 0.3) is 5.91 Å². The van der Waals surface area contributed by atoms with Crippen molar-refractivity contribution in [3.8, 4) is 11.3 Å². The molecular weight excluding hydrogens is 436 g/mol. The molecule has 3 aliphatic heterocycles. The summed E-state index contributed by atoms with van der Waals surface area (Å²) < 4.78 is 5.63. The number of aliphatic hydroxyl groups is 1. The molecule has 3 aliphatic rings. The van der Waals surface area contributed by atoms with Crippen LogP contribution in [0, 0.1) is 0 Å². The van der Waals surface area contributed by atoms with Crippen LogP contribution in [0.2, 0.25) is 0 Å². The third-order valence-electron chi connectivity index (χ3n) is 7.16. The molecule has 0 bridgehead atoms. The fourth-order valence-electron chi connectivity index (χ4n) is 5.24. The Labute approximate surface area is 199 Å². The van der Waals surface area contributed by atoms with Crippen molar-refractivity contribution in [2.45, 2.75) is 51.3 Å². The Hall–Kier alpha value is -3.05. The number of fused-ring (bicyclic) bond motifs is 1. The molecule has 0 radical (unpaired) electrons. The highest BCUT2D eigenvalue weighted by Gasteiger charge is 2.45. The van der Waals surface area contributed by atoms with Gasteiger partial charge in [0, 0.05) is 49.7 Å². The molecule has 0 spiro atoms. The van der Waals surface area contributed by atoms with Crippen molar-refractivity contribution in [3.05, 3.63) is 18.0 Å². The number of hydrogen-bond acceptors (Lipinski definition) is 10. The third-order valence-corrected chi connectivity index (χ3v) is 7.16. The van der Waals surface area contributed by atoms with Gasteiger partial charge in [-0.2, -0.15) is 4.98 Å². The Bertz CT molecular complexity index is 1080. The Morgan fingerprint density at radius 2 is 2.03 bits per heavy atom. The average Bonchev–Trinajstić information content (AvgIpc) is 3.43. The molecule has 2 aromatic heterocycles. The van der Waals surface area contributed by atoms with E-state index in [1.807, 2.05) is 0 Å². The van der Waals surface area contributed by atoms with Crippen LogP contribution >= 0.6 is 0 Å². The summed E-state index contributed by atoms with van der Waals surface area (Å²) in [5.41, 5.74) is 8.12. The first-order chi connectivity index (χ1) is 16.3. The first kappa shape index (κ1) is 22.7. The highest BCUT2D eigenvalue weighted by atomic mass is 16.5. The van der Waals surface area contributed by atoms with Crippen molar-refractivity contribution in [1.82, 2.24) is 24.8 Å². The van der Waals surface area contributed by atoms with Crippen molar-refractivity contribution in [3.63, 3.8) is 0 Å². The first-order valence-corrected chi connectivity index (χ1v) is 11.8. The molecule has 1 amide bonds. The van der Waals surface area contributed by atoms with Gasteiger partial charge in [-0.05, 0) is 33.6 Å². The topological polar surface area (TPSA) is 134 Å². The Morgan fingerprint density at radius 3 is 2.74 bits per heavy atom. The number of ether oxygens (including phenoxy) is 1. The molecule has 2 saturated heterocycles. The van der Waals surface area contributed by atoms with Crippen molar-refractivity contribution in [2.75, 3.05) is 54.9 Å². The second-order valence-corrected chi connectivity index (χ2v) is 9.71. The van der Waals surface area contributed by atoms with Crippen molar-refractivity contribution < 1.29 is 14.6 Å². The summed E-state index contributed by atoms with van der Waals surface area (Å²) >= 11 is 0. The van der Waals surface area contributed by atoms with Gasteiger partial charge in [-0.25, -0.2) is 15.0 Å². The maximum Gasteiger partial charge on any atom is 0.251 e. The van der Waals surface area contributed by atoms with Gasteiger partial charge in [0.05, 0.1) is 30.5 Å². The smallest absolute Gasteiger partial charge is 0.251 e. The number of nitrogen functional groups attached to an aromatic ring is 1. The summed E-state index contributed by atoms with van der Waals surface area (Å²) in [5, 5.41) is 9.80. The monoisotopic (exact) mass is 468 g/mol. The Balaban J connectivity index is 1.56. The minimum Gasteiger partial charge on any atom is -0.384 e. The molecule has 0 aliphatic carbocycles. The average molecular weight is 469 g/mol. The van der Waals surface area contributed by atoms with E-state index in [0.717, 1.165) is 42.0 Å². The molecule has 2 aromatic rings. The van der Waals surface area contributed by atoms with E-state index in [9.17, 15) is 9.90 Å². The number of amides is 1. The minimum absolute atomic E-state index is 0.151. The predicted molar refractivity (Wildman–Crippen MR) is 127 cm³/mol. The lowest BCUT2D eigenvalue weighted by atomic mass is 9.99. The van der Waals surface area contributed by atoms with E-state index < -0.39 is 6.10 Å². The maximum absolute atomic E-state index is 12.4. The fraction of sp³-hybridized carbons (Fsp3) is 0.609. The van der Waals surface area contributed by atoms with Crippen LogP contribution in [0.15, 0.2) is 12.4 Å². The van der Waals surface area contributed by atoms with Gasteiger partial charge in [0.15, 0.2) is 0 Å². The van der Waals surface area contributed by atoms with E-state index in [-0.39, 0.29) is 23.4 Å². The number of aromatic nitrogens is 4. The number of nitrogens with zero attached hydrogens (tertiary/aromatic N) is 7. The maximum atomic E-state index is 12.4. The fourth-order valence-corrected chi connectivity index (χ4v) is 5.24. The van der Waals surface area contributed by atoms with E-state index in [2.05, 4.69) is 33.6 Å². The molecule has 3 atom stereocenters. The van der Waals surface area contributed by atoms with Gasteiger partial charge in [-0.1, -0.05) is 0 Å². The number of rotatable bonds is 4. The van der Waals surface area contributed by atoms with Gasteiger partial charge in [-0.3, -0.25) is 4.79 Å². The van der Waals surface area contributed by atoms with E-state index in [0.29, 0.717) is 38.8 Å². The molecule has 3 N–H and O–H groups in total. The number of nitrogens with two attached hydrogens (primary N) is 1. The largest absolute Gasteiger partial charge is 0.384 e. The minimum atomic E-state index is -0.998. The lowest BCUT2D eigenvalue weighted by Crippen LogP contribution is -2.50. The summed E-state index contributed by atoms with van der Waals surface area (Å²) in [6, 6.07) is 0.151. The van der Waals surface area contributed by atoms with Crippen LogP contribution in [-0.2, 0) is 16.0 Å². The molecule has 0 aromatic carbocycles. The number of anilines is 3. The van der Waals surface area contributed by atoms with Crippen LogP contribution in [0.5, 0.6) is 0 Å². The van der Waals surface area contributed by atoms with Gasteiger partial charge in [0.1, 0.15) is 11.9 Å². The second-order valence-electron chi connectivity index (χ2n) is 9.71. The quantitative estimate of drug-likeness (QED) is 0.652. The van der Waals surface area contributed by atoms with Crippen molar-refractivity contribution in [2.24, 2.45) is 0 Å². The molecule has 34 heavy (non-hydrogen) atoms. The van der Waals surface area contributed by atoms with Gasteiger partial charge < -0.3 is 30.3 Å². The predicted octanol–water partition coefficient (Wildman–Crippen LogP) is 0.475. The molecule has 11 nitrogen and oxygen atoms in total. The highest BCUT2D eigenvalue weighted by Crippen LogP contribution is 2.41. The number of carbonyl (C=O) groups is 1. The molecule has 5 heterocycles. The van der Waals surface area contributed by atoms with Crippen LogP contribution in [0.4, 0.5) is 17.7 Å². The number of carbonyl (C=O) groups excluding carboxylic acids is 1. The SMILES string of the molecule is C[C@@H](O)C(=O)N1CC[C@](C)(N2CCc3c(-c4cnc(N)nc4)nc(N4CCOC[C@@H]4C)nc32)C1. The molecular formula is C23H32N8O3. The third kappa shape index (κ3) is 3.92. The van der Waals surface area contributed by atoms with Crippen molar-refractivity contribution >= 4 is 23.6 Å². The normalized spacial score (nSPS) is 25.5. The molecule has 11 heteroatoms. The zero-order chi connectivity index (χ0) is 24.0. The summed E-state index contributed by atoms with van der Waals surface area (Å²) in [5.74, 6) is 1.55. The van der Waals surface area contributed by atoms with E-state index in [1.165, 1.54) is 6.92 Å². The zero-order valence-corrected chi connectivity index (χ0v) is 19.9. The number of morpholine rings is 1. The molecule has 5 rings (SSSR count). The van der Waals surface area contributed by atoms with Crippen molar-refractivity contribution in [1.29, 1.82) is 0 Å². The lowest BCUT2D eigenvalue weighted by Gasteiger charge is -2.38. The number of likely N-dealkylation sites (tertiary alicyclic amines) is 1. The lowest BCUT2D eigenvalue weighted by molar-refractivity contribution is -0.138. The summed E-state index contributed by atoms with van der Waals surface area (Å²) in [7, 11) is 0.